The number of rotatable bonds is 8. The minimum absolute atomic E-state index is 0.186. The van der Waals surface area contributed by atoms with Gasteiger partial charge < -0.3 is 19.3 Å². The van der Waals surface area contributed by atoms with Gasteiger partial charge in [-0.15, -0.1) is 0 Å². The molecule has 1 aromatic carbocycles. The Morgan fingerprint density at radius 3 is 2.63 bits per heavy atom. The molecule has 1 aliphatic rings. The summed E-state index contributed by atoms with van der Waals surface area (Å²) in [4.78, 5) is 21.4. The van der Waals surface area contributed by atoms with Gasteiger partial charge in [-0.3, -0.25) is 0 Å². The van der Waals surface area contributed by atoms with E-state index in [0.717, 1.165) is 48.4 Å². The van der Waals surface area contributed by atoms with Crippen LogP contribution in [0.1, 0.15) is 45.1 Å². The number of benzene rings is 1. The number of nitrogens with zero attached hydrogens (tertiary/aromatic N) is 3. The van der Waals surface area contributed by atoms with Gasteiger partial charge in [0.2, 0.25) is 0 Å². The van der Waals surface area contributed by atoms with Crippen molar-refractivity contribution < 1.29 is 14.3 Å². The zero-order valence-corrected chi connectivity index (χ0v) is 18.8. The fourth-order valence-corrected chi connectivity index (χ4v) is 4.00. The van der Waals surface area contributed by atoms with Crippen LogP contribution in [0.3, 0.4) is 0 Å². The summed E-state index contributed by atoms with van der Waals surface area (Å²) in [5, 5.41) is 1.11. The second kappa shape index (κ2) is 10.5. The molecule has 2 heterocycles. The molecule has 30 heavy (non-hydrogen) atoms. The summed E-state index contributed by atoms with van der Waals surface area (Å²) in [5.41, 5.74) is 2.06. The first-order chi connectivity index (χ1) is 14.6. The Kier molecular flexibility index (Phi) is 7.77. The zero-order valence-electron chi connectivity index (χ0n) is 18.8. The van der Waals surface area contributed by atoms with Crippen LogP contribution in [-0.2, 0) is 4.74 Å². The summed E-state index contributed by atoms with van der Waals surface area (Å²) in [5.74, 6) is 2.19. The lowest BCUT2D eigenvalue weighted by molar-refractivity contribution is 0.0830. The molecule has 0 saturated carbocycles. The van der Waals surface area contributed by atoms with Gasteiger partial charge >= 0.3 is 6.09 Å². The van der Waals surface area contributed by atoms with Gasteiger partial charge in [0.05, 0.1) is 13.7 Å². The Labute approximate surface area is 180 Å². The van der Waals surface area contributed by atoms with E-state index in [2.05, 4.69) is 37.8 Å². The summed E-state index contributed by atoms with van der Waals surface area (Å²) < 4.78 is 11.1. The van der Waals surface area contributed by atoms with Crippen LogP contribution in [0, 0.1) is 12.8 Å². The number of carbonyl (C=O) groups excluding carboxylic acids is 1. The number of hydrogen-bond acceptors (Lipinski definition) is 5. The summed E-state index contributed by atoms with van der Waals surface area (Å²) in [6.07, 6.45) is 4.37. The molecule has 1 aliphatic heterocycles. The number of piperazine rings is 1. The van der Waals surface area contributed by atoms with E-state index in [9.17, 15) is 4.79 Å². The summed E-state index contributed by atoms with van der Waals surface area (Å²) in [7, 11) is 1.67. The molecule has 0 N–H and O–H groups in total. The lowest BCUT2D eigenvalue weighted by Gasteiger charge is -2.35. The van der Waals surface area contributed by atoms with Crippen molar-refractivity contribution in [2.45, 2.75) is 46.5 Å². The van der Waals surface area contributed by atoms with Crippen LogP contribution in [0.2, 0.25) is 0 Å². The largest absolute Gasteiger partial charge is 0.494 e. The number of anilines is 1. The first-order valence-electron chi connectivity index (χ1n) is 11.2. The van der Waals surface area contributed by atoms with E-state index in [1.807, 2.05) is 17.0 Å². The third-order valence-electron chi connectivity index (χ3n) is 6.06. The van der Waals surface area contributed by atoms with Crippen molar-refractivity contribution in [1.82, 2.24) is 9.88 Å². The molecule has 0 bridgehead atoms. The fraction of sp³-hybridized carbons (Fsp3) is 0.583. The molecule has 1 amide bonds. The number of methoxy groups -OCH3 is 1. The number of fused-ring (bicyclic) bond motifs is 1. The predicted octanol–water partition coefficient (Wildman–Crippen LogP) is 5.03. The van der Waals surface area contributed by atoms with Crippen LogP contribution < -0.4 is 9.64 Å². The highest BCUT2D eigenvalue weighted by molar-refractivity contribution is 5.89. The molecule has 2 aromatic rings. The number of para-hydroxylation sites is 1. The van der Waals surface area contributed by atoms with Gasteiger partial charge in [-0.25, -0.2) is 9.78 Å². The van der Waals surface area contributed by atoms with E-state index in [-0.39, 0.29) is 6.09 Å². The highest BCUT2D eigenvalue weighted by Gasteiger charge is 2.24. The SMILES string of the molecule is CCCCC(CC)COC(=O)N1CCN(c2cc(C)c3cccc(OC)c3n2)CC1. The topological polar surface area (TPSA) is 54.9 Å². The first kappa shape index (κ1) is 22.2. The average molecular weight is 414 g/mol. The van der Waals surface area contributed by atoms with E-state index in [1.165, 1.54) is 18.4 Å². The van der Waals surface area contributed by atoms with Crippen LogP contribution in [0.4, 0.5) is 10.6 Å². The van der Waals surface area contributed by atoms with Crippen molar-refractivity contribution in [3.63, 3.8) is 0 Å². The minimum Gasteiger partial charge on any atom is -0.494 e. The molecule has 0 aliphatic carbocycles. The second-order valence-electron chi connectivity index (χ2n) is 8.12. The van der Waals surface area contributed by atoms with Crippen LogP contribution in [0.15, 0.2) is 24.3 Å². The third kappa shape index (κ3) is 5.15. The Morgan fingerprint density at radius 1 is 1.20 bits per heavy atom. The lowest BCUT2D eigenvalue weighted by Crippen LogP contribution is -2.49. The van der Waals surface area contributed by atoms with E-state index < -0.39 is 0 Å². The van der Waals surface area contributed by atoms with Crippen LogP contribution in [0.5, 0.6) is 5.75 Å². The highest BCUT2D eigenvalue weighted by Crippen LogP contribution is 2.29. The number of carbonyl (C=O) groups is 1. The maximum atomic E-state index is 12.5. The molecular weight excluding hydrogens is 378 g/mol. The molecule has 0 spiro atoms. The number of amides is 1. The molecule has 0 radical (unpaired) electrons. The van der Waals surface area contributed by atoms with Crippen molar-refractivity contribution in [3.05, 3.63) is 29.8 Å². The monoisotopic (exact) mass is 413 g/mol. The van der Waals surface area contributed by atoms with Gasteiger partial charge in [0.15, 0.2) is 0 Å². The van der Waals surface area contributed by atoms with Gasteiger partial charge in [0.1, 0.15) is 17.1 Å². The van der Waals surface area contributed by atoms with Gasteiger partial charge in [-0.05, 0) is 37.0 Å². The maximum Gasteiger partial charge on any atom is 0.409 e. The van der Waals surface area contributed by atoms with Crippen molar-refractivity contribution in [2.75, 3.05) is 44.8 Å². The van der Waals surface area contributed by atoms with Crippen molar-refractivity contribution in [1.29, 1.82) is 0 Å². The normalized spacial score (nSPS) is 15.3. The Bertz CT molecular complexity index is 847. The molecule has 6 nitrogen and oxygen atoms in total. The smallest absolute Gasteiger partial charge is 0.409 e. The summed E-state index contributed by atoms with van der Waals surface area (Å²) >= 11 is 0. The van der Waals surface area contributed by atoms with Crippen molar-refractivity contribution in [2.24, 2.45) is 5.92 Å². The molecule has 164 valence electrons. The Hall–Kier alpha value is -2.50. The van der Waals surface area contributed by atoms with Gasteiger partial charge in [-0.1, -0.05) is 45.2 Å². The van der Waals surface area contributed by atoms with E-state index in [0.29, 0.717) is 25.6 Å². The number of ether oxygens (including phenoxy) is 2. The predicted molar refractivity (Wildman–Crippen MR) is 121 cm³/mol. The third-order valence-corrected chi connectivity index (χ3v) is 6.06. The summed E-state index contributed by atoms with van der Waals surface area (Å²) in [6.45, 7) is 9.78. The Morgan fingerprint density at radius 2 is 1.97 bits per heavy atom. The average Bonchev–Trinajstić information content (AvgIpc) is 2.78. The molecule has 1 unspecified atom stereocenters. The molecule has 6 heteroatoms. The quantitative estimate of drug-likeness (QED) is 0.608. The second-order valence-corrected chi connectivity index (χ2v) is 8.12. The van der Waals surface area contributed by atoms with Gasteiger partial charge in [-0.2, -0.15) is 0 Å². The van der Waals surface area contributed by atoms with Crippen molar-refractivity contribution >= 4 is 22.8 Å². The van der Waals surface area contributed by atoms with Gasteiger partial charge in [0, 0.05) is 31.6 Å². The molecule has 1 fully saturated rings. The molecule has 1 aromatic heterocycles. The highest BCUT2D eigenvalue weighted by atomic mass is 16.6. The van der Waals surface area contributed by atoms with E-state index in [1.54, 1.807) is 7.11 Å². The van der Waals surface area contributed by atoms with Crippen LogP contribution in [0.25, 0.3) is 10.9 Å². The maximum absolute atomic E-state index is 12.5. The fourth-order valence-electron chi connectivity index (χ4n) is 4.00. The number of unbranched alkanes of at least 4 members (excludes halogenated alkanes) is 1. The van der Waals surface area contributed by atoms with Gasteiger partial charge in [0.25, 0.3) is 0 Å². The lowest BCUT2D eigenvalue weighted by atomic mass is 10.0. The number of aryl methyl sites for hydroxylation is 1. The minimum atomic E-state index is -0.186. The van der Waals surface area contributed by atoms with E-state index >= 15 is 0 Å². The zero-order chi connectivity index (χ0) is 21.5. The van der Waals surface area contributed by atoms with Crippen LogP contribution in [-0.4, -0.2) is 55.9 Å². The number of pyridine rings is 1. The number of aromatic nitrogens is 1. The Balaban J connectivity index is 1.59. The molecule has 1 saturated heterocycles. The first-order valence-corrected chi connectivity index (χ1v) is 11.2. The number of hydrogen-bond donors (Lipinski definition) is 0. The molecule has 3 rings (SSSR count). The summed E-state index contributed by atoms with van der Waals surface area (Å²) in [6, 6.07) is 8.12. The standard InChI is InChI=1S/C24H35N3O3/c1-5-7-9-19(6-2)17-30-24(28)27-14-12-26(13-15-27)22-16-18(3)20-10-8-11-21(29-4)23(20)25-22/h8,10-11,16,19H,5-7,9,12-15,17H2,1-4H3. The van der Waals surface area contributed by atoms with Crippen molar-refractivity contribution in [3.8, 4) is 5.75 Å². The van der Waals surface area contributed by atoms with Crippen LogP contribution >= 0.6 is 0 Å². The molecular formula is C24H35N3O3. The van der Waals surface area contributed by atoms with E-state index in [4.69, 9.17) is 14.5 Å². The molecule has 1 atom stereocenters.